The Kier molecular flexibility index (Phi) is 6.31. The van der Waals surface area contributed by atoms with Crippen molar-refractivity contribution in [2.24, 2.45) is 0 Å². The molecule has 1 N–H and O–H groups in total. The number of anilines is 2. The maximum absolute atomic E-state index is 12.3. The molecular weight excluding hydrogens is 380 g/mol. The molecule has 2 aromatic carbocycles. The Balaban J connectivity index is 1.63. The van der Waals surface area contributed by atoms with Crippen LogP contribution in [0.1, 0.15) is 35.7 Å². The lowest BCUT2D eigenvalue weighted by Crippen LogP contribution is -2.25. The molecule has 2 aromatic rings. The van der Waals surface area contributed by atoms with Crippen LogP contribution in [0.3, 0.4) is 0 Å². The summed E-state index contributed by atoms with van der Waals surface area (Å²) in [6, 6.07) is 12.1. The molecule has 2 amide bonds. The van der Waals surface area contributed by atoms with Crippen molar-refractivity contribution >= 4 is 40.8 Å². The van der Waals surface area contributed by atoms with E-state index in [2.05, 4.69) is 5.32 Å². The lowest BCUT2D eigenvalue weighted by Gasteiger charge is -2.18. The number of esters is 1. The number of carbonyl (C=O) groups is 3. The number of rotatable bonds is 6. The fraction of sp³-hybridized carbons (Fsp3) is 0.286. The molecular formula is C21H21ClN2O4. The summed E-state index contributed by atoms with van der Waals surface area (Å²) in [6.45, 7) is 2.15. The van der Waals surface area contributed by atoms with Crippen LogP contribution in [0.5, 0.6) is 0 Å². The molecule has 0 bridgehead atoms. The van der Waals surface area contributed by atoms with E-state index >= 15 is 0 Å². The third-order valence-corrected chi connectivity index (χ3v) is 4.87. The highest BCUT2D eigenvalue weighted by Gasteiger charge is 2.24. The molecule has 28 heavy (non-hydrogen) atoms. The minimum absolute atomic E-state index is 0.0265. The maximum atomic E-state index is 12.3. The van der Waals surface area contributed by atoms with Crippen LogP contribution in [0.4, 0.5) is 11.4 Å². The molecule has 0 saturated carbocycles. The number of nitrogens with zero attached hydrogens (tertiary/aromatic N) is 1. The molecule has 0 unspecified atom stereocenters. The Bertz CT molecular complexity index is 913. The summed E-state index contributed by atoms with van der Waals surface area (Å²) in [4.78, 5) is 38.0. The average Bonchev–Trinajstić information content (AvgIpc) is 3.12. The van der Waals surface area contributed by atoms with Crippen LogP contribution in [0, 0.1) is 0 Å². The average molecular weight is 401 g/mol. The number of carbonyl (C=O) groups excluding carboxylic acids is 3. The van der Waals surface area contributed by atoms with Crippen molar-refractivity contribution in [3.8, 4) is 0 Å². The summed E-state index contributed by atoms with van der Waals surface area (Å²) >= 11 is 6.18. The standard InChI is InChI=1S/C21H21ClN2O4/c1-2-14-6-3-4-7-17(14)23-19(25)13-28-21(27)15-9-10-16(22)18(12-15)24-11-5-8-20(24)26/h3-4,6-7,9-10,12H,2,5,8,11,13H2,1H3,(H,23,25). The molecule has 0 atom stereocenters. The molecule has 6 nitrogen and oxygen atoms in total. The molecule has 0 radical (unpaired) electrons. The smallest absolute Gasteiger partial charge is 0.338 e. The minimum Gasteiger partial charge on any atom is -0.452 e. The second-order valence-electron chi connectivity index (χ2n) is 6.45. The number of benzene rings is 2. The number of aryl methyl sites for hydroxylation is 1. The zero-order valence-electron chi connectivity index (χ0n) is 15.5. The number of para-hydroxylation sites is 1. The van der Waals surface area contributed by atoms with Gasteiger partial charge in [0.25, 0.3) is 5.91 Å². The van der Waals surface area contributed by atoms with Gasteiger partial charge in [-0.15, -0.1) is 0 Å². The van der Waals surface area contributed by atoms with Crippen molar-refractivity contribution in [3.05, 3.63) is 58.6 Å². The maximum Gasteiger partial charge on any atom is 0.338 e. The second-order valence-corrected chi connectivity index (χ2v) is 6.86. The lowest BCUT2D eigenvalue weighted by molar-refractivity contribution is -0.119. The molecule has 0 aromatic heterocycles. The molecule has 3 rings (SSSR count). The first-order valence-corrected chi connectivity index (χ1v) is 9.52. The summed E-state index contributed by atoms with van der Waals surface area (Å²) < 4.78 is 5.12. The monoisotopic (exact) mass is 400 g/mol. The van der Waals surface area contributed by atoms with Crippen LogP contribution in [0.15, 0.2) is 42.5 Å². The molecule has 7 heteroatoms. The second kappa shape index (κ2) is 8.89. The molecule has 1 fully saturated rings. The first-order chi connectivity index (χ1) is 13.5. The third kappa shape index (κ3) is 4.51. The summed E-state index contributed by atoms with van der Waals surface area (Å²) in [6.07, 6.45) is 1.99. The molecule has 0 aliphatic carbocycles. The van der Waals surface area contributed by atoms with E-state index in [1.54, 1.807) is 17.0 Å². The van der Waals surface area contributed by atoms with Gasteiger partial charge in [0.1, 0.15) is 0 Å². The Morgan fingerprint density at radius 1 is 1.21 bits per heavy atom. The van der Waals surface area contributed by atoms with Crippen molar-refractivity contribution in [1.29, 1.82) is 0 Å². The van der Waals surface area contributed by atoms with E-state index in [9.17, 15) is 14.4 Å². The molecule has 146 valence electrons. The zero-order chi connectivity index (χ0) is 20.1. The van der Waals surface area contributed by atoms with Crippen molar-refractivity contribution in [3.63, 3.8) is 0 Å². The fourth-order valence-corrected chi connectivity index (χ4v) is 3.32. The van der Waals surface area contributed by atoms with E-state index in [-0.39, 0.29) is 11.5 Å². The summed E-state index contributed by atoms with van der Waals surface area (Å²) in [7, 11) is 0. The van der Waals surface area contributed by atoms with Gasteiger partial charge >= 0.3 is 5.97 Å². The van der Waals surface area contributed by atoms with Crippen LogP contribution in [0.25, 0.3) is 0 Å². The molecule has 0 spiro atoms. The number of amides is 2. The molecule has 1 aliphatic rings. The van der Waals surface area contributed by atoms with Crippen LogP contribution in [-0.2, 0) is 20.7 Å². The number of ether oxygens (including phenoxy) is 1. The highest BCUT2D eigenvalue weighted by Crippen LogP contribution is 2.30. The Morgan fingerprint density at radius 2 is 2.00 bits per heavy atom. The predicted octanol–water partition coefficient (Wildman–Crippen LogP) is 3.82. The number of hydrogen-bond acceptors (Lipinski definition) is 4. The van der Waals surface area contributed by atoms with E-state index in [0.29, 0.717) is 29.4 Å². The fourth-order valence-electron chi connectivity index (χ4n) is 3.10. The molecule has 1 saturated heterocycles. The normalized spacial score (nSPS) is 13.5. The Morgan fingerprint density at radius 3 is 2.71 bits per heavy atom. The van der Waals surface area contributed by atoms with Crippen molar-refractivity contribution < 1.29 is 19.1 Å². The SMILES string of the molecule is CCc1ccccc1NC(=O)COC(=O)c1ccc(Cl)c(N2CCCC2=O)c1. The van der Waals surface area contributed by atoms with Crippen molar-refractivity contribution in [2.75, 3.05) is 23.4 Å². The minimum atomic E-state index is -0.650. The van der Waals surface area contributed by atoms with Crippen LogP contribution in [-0.4, -0.2) is 30.9 Å². The van der Waals surface area contributed by atoms with Gasteiger partial charge in [-0.2, -0.15) is 0 Å². The van der Waals surface area contributed by atoms with Crippen molar-refractivity contribution in [2.45, 2.75) is 26.2 Å². The zero-order valence-corrected chi connectivity index (χ0v) is 16.3. The first kappa shape index (κ1) is 19.9. The van der Waals surface area contributed by atoms with Gasteiger partial charge in [0.15, 0.2) is 6.61 Å². The van der Waals surface area contributed by atoms with Gasteiger partial charge in [-0.05, 0) is 42.7 Å². The van der Waals surface area contributed by atoms with Gasteiger partial charge in [-0.1, -0.05) is 36.7 Å². The molecule has 1 heterocycles. The predicted molar refractivity (Wildman–Crippen MR) is 108 cm³/mol. The summed E-state index contributed by atoms with van der Waals surface area (Å²) in [5.74, 6) is -1.09. The lowest BCUT2D eigenvalue weighted by atomic mass is 10.1. The van der Waals surface area contributed by atoms with E-state index in [0.717, 1.165) is 18.4 Å². The van der Waals surface area contributed by atoms with Crippen LogP contribution < -0.4 is 10.2 Å². The van der Waals surface area contributed by atoms with E-state index < -0.39 is 18.5 Å². The van der Waals surface area contributed by atoms with Crippen LogP contribution in [0.2, 0.25) is 5.02 Å². The van der Waals surface area contributed by atoms with Crippen molar-refractivity contribution in [1.82, 2.24) is 0 Å². The van der Waals surface area contributed by atoms with E-state index in [1.807, 2.05) is 25.1 Å². The topological polar surface area (TPSA) is 75.7 Å². The van der Waals surface area contributed by atoms with E-state index in [1.165, 1.54) is 12.1 Å². The van der Waals surface area contributed by atoms with Gasteiger partial charge in [-0.3, -0.25) is 9.59 Å². The first-order valence-electron chi connectivity index (χ1n) is 9.14. The Labute approximate surface area is 168 Å². The number of halogens is 1. The Hall–Kier alpha value is -2.86. The van der Waals surface area contributed by atoms with Gasteiger partial charge < -0.3 is 15.0 Å². The summed E-state index contributed by atoms with van der Waals surface area (Å²) in [5, 5.41) is 3.14. The number of nitrogens with one attached hydrogen (secondary N) is 1. The third-order valence-electron chi connectivity index (χ3n) is 4.55. The number of hydrogen-bond donors (Lipinski definition) is 1. The highest BCUT2D eigenvalue weighted by atomic mass is 35.5. The summed E-state index contributed by atoms with van der Waals surface area (Å²) in [5.41, 5.74) is 2.42. The van der Waals surface area contributed by atoms with E-state index in [4.69, 9.17) is 16.3 Å². The van der Waals surface area contributed by atoms with Gasteiger partial charge in [-0.25, -0.2) is 4.79 Å². The quantitative estimate of drug-likeness (QED) is 0.748. The largest absolute Gasteiger partial charge is 0.452 e. The van der Waals surface area contributed by atoms with Gasteiger partial charge in [0.05, 0.1) is 16.3 Å². The van der Waals surface area contributed by atoms with Crippen LogP contribution >= 0.6 is 11.6 Å². The highest BCUT2D eigenvalue weighted by molar-refractivity contribution is 6.34. The van der Waals surface area contributed by atoms with Gasteiger partial charge in [0, 0.05) is 18.7 Å². The van der Waals surface area contributed by atoms with Gasteiger partial charge in [0.2, 0.25) is 5.91 Å². The molecule has 1 aliphatic heterocycles.